The molecule has 3 rings (SSSR count). The van der Waals surface area contributed by atoms with Gasteiger partial charge in [0.05, 0.1) is 25.1 Å². The lowest BCUT2D eigenvalue weighted by atomic mass is 10.1. The summed E-state index contributed by atoms with van der Waals surface area (Å²) in [6, 6.07) is 10.0. The predicted octanol–water partition coefficient (Wildman–Crippen LogP) is 2.71. The maximum absolute atomic E-state index is 5.48. The minimum absolute atomic E-state index is 0.619. The number of nitrogens with zero attached hydrogens (tertiary/aromatic N) is 2. The molecule has 20 heavy (non-hydrogen) atoms. The number of hydrogen-bond acceptors (Lipinski definition) is 4. The molecule has 1 atom stereocenters. The highest BCUT2D eigenvalue weighted by Crippen LogP contribution is 2.17. The molecule has 1 fully saturated rings. The van der Waals surface area contributed by atoms with Crippen molar-refractivity contribution in [3.63, 3.8) is 0 Å². The lowest BCUT2D eigenvalue weighted by molar-refractivity contribution is 0.156. The van der Waals surface area contributed by atoms with Crippen molar-refractivity contribution in [2.24, 2.45) is 5.92 Å². The van der Waals surface area contributed by atoms with Crippen LogP contribution < -0.4 is 0 Å². The fourth-order valence-electron chi connectivity index (χ4n) is 2.62. The molecule has 4 heteroatoms. The number of rotatable bonds is 6. The van der Waals surface area contributed by atoms with E-state index in [1.54, 1.807) is 6.26 Å². The lowest BCUT2D eigenvalue weighted by Crippen LogP contribution is -2.29. The molecule has 0 aromatic carbocycles. The summed E-state index contributed by atoms with van der Waals surface area (Å²) >= 11 is 0. The van der Waals surface area contributed by atoms with Gasteiger partial charge in [0.1, 0.15) is 5.76 Å². The Labute approximate surface area is 119 Å². The molecule has 3 heterocycles. The van der Waals surface area contributed by atoms with Crippen LogP contribution in [-0.2, 0) is 17.8 Å². The standard InChI is InChI=1S/C16H20N2O2/c1-2-7-17-15(4-1)11-18(10-14-6-9-19-13-14)12-16-5-3-8-20-16/h1-5,7-8,14H,6,9-13H2/t14-/m1/s1. The van der Waals surface area contributed by atoms with Gasteiger partial charge in [-0.05, 0) is 36.6 Å². The van der Waals surface area contributed by atoms with Crippen LogP contribution in [0, 0.1) is 5.92 Å². The first-order valence-electron chi connectivity index (χ1n) is 7.12. The molecule has 2 aromatic rings. The molecule has 0 N–H and O–H groups in total. The Morgan fingerprint density at radius 1 is 1.20 bits per heavy atom. The van der Waals surface area contributed by atoms with Crippen LogP contribution in [0.5, 0.6) is 0 Å². The van der Waals surface area contributed by atoms with Crippen molar-refractivity contribution in [3.8, 4) is 0 Å². The average Bonchev–Trinajstić information content (AvgIpc) is 3.13. The summed E-state index contributed by atoms with van der Waals surface area (Å²) in [6.45, 7) is 4.45. The summed E-state index contributed by atoms with van der Waals surface area (Å²) in [6.07, 6.45) is 4.73. The fraction of sp³-hybridized carbons (Fsp3) is 0.438. The smallest absolute Gasteiger partial charge is 0.117 e. The second kappa shape index (κ2) is 6.68. The van der Waals surface area contributed by atoms with Crippen LogP contribution >= 0.6 is 0 Å². The number of ether oxygens (including phenoxy) is 1. The molecule has 0 saturated carbocycles. The Bertz CT molecular complexity index is 492. The number of aromatic nitrogens is 1. The van der Waals surface area contributed by atoms with Gasteiger partial charge in [-0.1, -0.05) is 6.07 Å². The van der Waals surface area contributed by atoms with Crippen molar-refractivity contribution in [2.75, 3.05) is 19.8 Å². The molecule has 106 valence electrons. The third kappa shape index (κ3) is 3.68. The highest BCUT2D eigenvalue weighted by molar-refractivity contribution is 5.04. The normalized spacial score (nSPS) is 18.8. The molecule has 1 aliphatic heterocycles. The number of pyridine rings is 1. The zero-order valence-corrected chi connectivity index (χ0v) is 11.6. The summed E-state index contributed by atoms with van der Waals surface area (Å²) < 4.78 is 11.0. The third-order valence-electron chi connectivity index (χ3n) is 3.61. The van der Waals surface area contributed by atoms with E-state index < -0.39 is 0 Å². The highest BCUT2D eigenvalue weighted by Gasteiger charge is 2.20. The van der Waals surface area contributed by atoms with Crippen molar-refractivity contribution < 1.29 is 9.15 Å². The van der Waals surface area contributed by atoms with Crippen molar-refractivity contribution in [1.29, 1.82) is 0 Å². The zero-order chi connectivity index (χ0) is 13.6. The van der Waals surface area contributed by atoms with Gasteiger partial charge in [-0.15, -0.1) is 0 Å². The molecular weight excluding hydrogens is 252 g/mol. The predicted molar refractivity (Wildman–Crippen MR) is 76.0 cm³/mol. The van der Waals surface area contributed by atoms with Gasteiger partial charge >= 0.3 is 0 Å². The second-order valence-electron chi connectivity index (χ2n) is 5.30. The summed E-state index contributed by atoms with van der Waals surface area (Å²) in [5.41, 5.74) is 1.10. The molecule has 0 aliphatic carbocycles. The molecule has 0 spiro atoms. The van der Waals surface area contributed by atoms with Crippen LogP contribution in [0.4, 0.5) is 0 Å². The van der Waals surface area contributed by atoms with Gasteiger partial charge in [0.25, 0.3) is 0 Å². The molecule has 0 bridgehead atoms. The van der Waals surface area contributed by atoms with E-state index in [4.69, 9.17) is 9.15 Å². The van der Waals surface area contributed by atoms with E-state index in [1.165, 1.54) is 0 Å². The Morgan fingerprint density at radius 2 is 2.20 bits per heavy atom. The van der Waals surface area contributed by atoms with Crippen molar-refractivity contribution >= 4 is 0 Å². The van der Waals surface area contributed by atoms with E-state index >= 15 is 0 Å². The van der Waals surface area contributed by atoms with Crippen LogP contribution in [0.1, 0.15) is 17.9 Å². The van der Waals surface area contributed by atoms with E-state index in [1.807, 2.05) is 30.5 Å². The molecule has 1 saturated heterocycles. The molecule has 0 amide bonds. The van der Waals surface area contributed by atoms with Crippen molar-refractivity contribution in [3.05, 3.63) is 54.2 Å². The highest BCUT2D eigenvalue weighted by atomic mass is 16.5. The summed E-state index contributed by atoms with van der Waals surface area (Å²) in [5.74, 6) is 1.62. The van der Waals surface area contributed by atoms with Crippen LogP contribution in [-0.4, -0.2) is 29.6 Å². The van der Waals surface area contributed by atoms with Gasteiger partial charge in [-0.2, -0.15) is 0 Å². The summed E-state index contributed by atoms with van der Waals surface area (Å²) in [4.78, 5) is 6.81. The van der Waals surface area contributed by atoms with Crippen LogP contribution in [0.15, 0.2) is 47.2 Å². The lowest BCUT2D eigenvalue weighted by Gasteiger charge is -2.23. The Balaban J connectivity index is 1.65. The van der Waals surface area contributed by atoms with E-state index in [0.29, 0.717) is 5.92 Å². The minimum atomic E-state index is 0.619. The first-order valence-corrected chi connectivity index (χ1v) is 7.12. The number of furan rings is 1. The van der Waals surface area contributed by atoms with Crippen LogP contribution in [0.2, 0.25) is 0 Å². The van der Waals surface area contributed by atoms with E-state index in [-0.39, 0.29) is 0 Å². The molecule has 2 aromatic heterocycles. The zero-order valence-electron chi connectivity index (χ0n) is 11.6. The maximum atomic E-state index is 5.48. The van der Waals surface area contributed by atoms with Gasteiger partial charge in [0.15, 0.2) is 0 Å². The van der Waals surface area contributed by atoms with Crippen LogP contribution in [0.3, 0.4) is 0 Å². The van der Waals surface area contributed by atoms with E-state index in [2.05, 4.69) is 16.0 Å². The van der Waals surface area contributed by atoms with Gasteiger partial charge in [-0.3, -0.25) is 9.88 Å². The molecule has 0 radical (unpaired) electrons. The van der Waals surface area contributed by atoms with E-state index in [9.17, 15) is 0 Å². The van der Waals surface area contributed by atoms with Gasteiger partial charge < -0.3 is 9.15 Å². The fourth-order valence-corrected chi connectivity index (χ4v) is 2.62. The van der Waals surface area contributed by atoms with Gasteiger partial charge in [0, 0.05) is 25.9 Å². The molecule has 0 unspecified atom stereocenters. The Hall–Kier alpha value is -1.65. The molecule has 1 aliphatic rings. The van der Waals surface area contributed by atoms with Gasteiger partial charge in [-0.25, -0.2) is 0 Å². The van der Waals surface area contributed by atoms with Crippen molar-refractivity contribution in [2.45, 2.75) is 19.5 Å². The third-order valence-corrected chi connectivity index (χ3v) is 3.61. The monoisotopic (exact) mass is 272 g/mol. The maximum Gasteiger partial charge on any atom is 0.117 e. The molecule has 4 nitrogen and oxygen atoms in total. The molecular formula is C16H20N2O2. The second-order valence-corrected chi connectivity index (χ2v) is 5.30. The topological polar surface area (TPSA) is 38.5 Å². The quantitative estimate of drug-likeness (QED) is 0.810. The largest absolute Gasteiger partial charge is 0.468 e. The number of hydrogen-bond donors (Lipinski definition) is 0. The minimum Gasteiger partial charge on any atom is -0.468 e. The van der Waals surface area contributed by atoms with Crippen molar-refractivity contribution in [1.82, 2.24) is 9.88 Å². The summed E-state index contributed by atoms with van der Waals surface area (Å²) in [7, 11) is 0. The average molecular weight is 272 g/mol. The first kappa shape index (κ1) is 13.3. The SMILES string of the molecule is c1ccc(CN(Cc2ccco2)C[C@H]2CCOC2)nc1. The Kier molecular flexibility index (Phi) is 4.46. The first-order chi connectivity index (χ1) is 9.90. The van der Waals surface area contributed by atoms with E-state index in [0.717, 1.165) is 50.7 Å². The van der Waals surface area contributed by atoms with Gasteiger partial charge in [0.2, 0.25) is 0 Å². The van der Waals surface area contributed by atoms with Crippen LogP contribution in [0.25, 0.3) is 0 Å². The summed E-state index contributed by atoms with van der Waals surface area (Å²) in [5, 5.41) is 0. The Morgan fingerprint density at radius 3 is 2.90 bits per heavy atom.